The summed E-state index contributed by atoms with van der Waals surface area (Å²) in [6.45, 7) is 1.51. The first-order valence-electron chi connectivity index (χ1n) is 5.28. The van der Waals surface area contributed by atoms with Crippen molar-refractivity contribution in [3.8, 4) is 10.6 Å². The minimum atomic E-state index is -0.239. The van der Waals surface area contributed by atoms with Gasteiger partial charge in [0.15, 0.2) is 0 Å². The van der Waals surface area contributed by atoms with Crippen molar-refractivity contribution in [2.45, 2.75) is 6.61 Å². The van der Waals surface area contributed by atoms with Gasteiger partial charge in [-0.15, -0.1) is 11.3 Å². The Morgan fingerprint density at radius 2 is 2.06 bits per heavy atom. The Balaban J connectivity index is 2.04. The number of rotatable bonds is 5. The smallest absolute Gasteiger partial charge is 0.123 e. The molecule has 0 fully saturated rings. The number of nitrogens with zero attached hydrogens (tertiary/aromatic N) is 1. The highest BCUT2D eigenvalue weighted by atomic mass is 32.1. The molecule has 0 bridgehead atoms. The summed E-state index contributed by atoms with van der Waals surface area (Å²) in [6.07, 6.45) is 0. The molecule has 17 heavy (non-hydrogen) atoms. The lowest BCUT2D eigenvalue weighted by atomic mass is 10.2. The number of aromatic nitrogens is 1. The second-order valence-corrected chi connectivity index (χ2v) is 4.35. The topological polar surface area (TPSA) is 48.1 Å². The van der Waals surface area contributed by atoms with Crippen LogP contribution in [-0.4, -0.2) is 18.1 Å². The molecule has 0 aliphatic heterocycles. The average Bonchev–Trinajstić information content (AvgIpc) is 2.79. The van der Waals surface area contributed by atoms with Crippen LogP contribution in [0.2, 0.25) is 0 Å². The molecule has 1 heterocycles. The van der Waals surface area contributed by atoms with E-state index in [1.165, 1.54) is 23.5 Å². The quantitative estimate of drug-likeness (QED) is 0.831. The summed E-state index contributed by atoms with van der Waals surface area (Å²) < 4.78 is 18.1. The normalized spacial score (nSPS) is 10.7. The van der Waals surface area contributed by atoms with Crippen molar-refractivity contribution in [2.75, 3.05) is 13.2 Å². The Morgan fingerprint density at radius 3 is 2.76 bits per heavy atom. The molecule has 0 amide bonds. The molecule has 0 spiro atoms. The minimum absolute atomic E-state index is 0.239. The van der Waals surface area contributed by atoms with Crippen molar-refractivity contribution >= 4 is 11.3 Å². The molecule has 0 saturated carbocycles. The van der Waals surface area contributed by atoms with Crippen LogP contribution in [0.3, 0.4) is 0 Å². The maximum Gasteiger partial charge on any atom is 0.123 e. The van der Waals surface area contributed by atoms with Crippen LogP contribution in [0, 0.1) is 5.82 Å². The molecule has 0 aliphatic carbocycles. The summed E-state index contributed by atoms with van der Waals surface area (Å²) in [7, 11) is 0. The highest BCUT2D eigenvalue weighted by Crippen LogP contribution is 2.24. The fraction of sp³-hybridized carbons (Fsp3) is 0.250. The first kappa shape index (κ1) is 12.2. The van der Waals surface area contributed by atoms with Gasteiger partial charge in [0.1, 0.15) is 10.8 Å². The summed E-state index contributed by atoms with van der Waals surface area (Å²) in [4.78, 5) is 4.41. The molecule has 3 nitrogen and oxygen atoms in total. The maximum absolute atomic E-state index is 12.8. The van der Waals surface area contributed by atoms with Crippen LogP contribution in [0.5, 0.6) is 0 Å². The van der Waals surface area contributed by atoms with E-state index < -0.39 is 0 Å². The third-order valence-corrected chi connectivity index (χ3v) is 3.10. The third-order valence-electron chi connectivity index (χ3n) is 2.16. The Morgan fingerprint density at radius 1 is 1.29 bits per heavy atom. The molecular formula is C12H13FN2OS. The number of ether oxygens (including phenoxy) is 1. The van der Waals surface area contributed by atoms with Crippen LogP contribution in [0.25, 0.3) is 10.6 Å². The van der Waals surface area contributed by atoms with Gasteiger partial charge in [-0.3, -0.25) is 0 Å². The molecule has 0 atom stereocenters. The molecule has 1 aromatic carbocycles. The van der Waals surface area contributed by atoms with Crippen LogP contribution in [-0.2, 0) is 11.3 Å². The second-order valence-electron chi connectivity index (χ2n) is 3.49. The van der Waals surface area contributed by atoms with Gasteiger partial charge < -0.3 is 10.5 Å². The van der Waals surface area contributed by atoms with Gasteiger partial charge in [0, 0.05) is 17.5 Å². The van der Waals surface area contributed by atoms with Crippen molar-refractivity contribution < 1.29 is 9.13 Å². The molecule has 2 N–H and O–H groups in total. The largest absolute Gasteiger partial charge is 0.374 e. The fourth-order valence-electron chi connectivity index (χ4n) is 1.36. The van der Waals surface area contributed by atoms with E-state index >= 15 is 0 Å². The van der Waals surface area contributed by atoms with Gasteiger partial charge in [-0.05, 0) is 24.3 Å². The van der Waals surface area contributed by atoms with Gasteiger partial charge in [-0.2, -0.15) is 0 Å². The fourth-order valence-corrected chi connectivity index (χ4v) is 2.17. The number of thiazole rings is 1. The molecule has 2 aromatic rings. The molecule has 0 unspecified atom stereocenters. The average molecular weight is 252 g/mol. The summed E-state index contributed by atoms with van der Waals surface area (Å²) in [5.41, 5.74) is 7.12. The van der Waals surface area contributed by atoms with Crippen molar-refractivity contribution in [3.63, 3.8) is 0 Å². The number of hydrogen-bond donors (Lipinski definition) is 1. The van der Waals surface area contributed by atoms with Gasteiger partial charge in [0.2, 0.25) is 0 Å². The zero-order valence-electron chi connectivity index (χ0n) is 9.23. The van der Waals surface area contributed by atoms with Crippen LogP contribution >= 0.6 is 11.3 Å². The SMILES string of the molecule is NCCOCc1csc(-c2ccc(F)cc2)n1. The standard InChI is InChI=1S/C12H13FN2OS/c13-10-3-1-9(2-4-10)12-15-11(8-17-12)7-16-6-5-14/h1-4,8H,5-7,14H2. The minimum Gasteiger partial charge on any atom is -0.374 e. The van der Waals surface area contributed by atoms with Gasteiger partial charge in [-0.25, -0.2) is 9.37 Å². The van der Waals surface area contributed by atoms with E-state index in [-0.39, 0.29) is 5.82 Å². The van der Waals surface area contributed by atoms with Gasteiger partial charge in [-0.1, -0.05) is 0 Å². The van der Waals surface area contributed by atoms with E-state index in [9.17, 15) is 4.39 Å². The van der Waals surface area contributed by atoms with Crippen molar-refractivity contribution in [2.24, 2.45) is 5.73 Å². The molecule has 0 aliphatic rings. The van der Waals surface area contributed by atoms with Gasteiger partial charge in [0.25, 0.3) is 0 Å². The van der Waals surface area contributed by atoms with E-state index in [2.05, 4.69) is 4.98 Å². The van der Waals surface area contributed by atoms with Crippen molar-refractivity contribution in [1.82, 2.24) is 4.98 Å². The van der Waals surface area contributed by atoms with Crippen LogP contribution in [0.1, 0.15) is 5.69 Å². The van der Waals surface area contributed by atoms with E-state index in [4.69, 9.17) is 10.5 Å². The number of nitrogens with two attached hydrogens (primary N) is 1. The first-order valence-corrected chi connectivity index (χ1v) is 6.15. The molecule has 5 heteroatoms. The summed E-state index contributed by atoms with van der Waals surface area (Å²) in [5.74, 6) is -0.239. The lowest BCUT2D eigenvalue weighted by Gasteiger charge is -1.98. The predicted octanol–water partition coefficient (Wildman–Crippen LogP) is 2.42. The van der Waals surface area contributed by atoms with Crippen LogP contribution < -0.4 is 5.73 Å². The summed E-state index contributed by atoms with van der Waals surface area (Å²) >= 11 is 1.52. The predicted molar refractivity (Wildman–Crippen MR) is 66.2 cm³/mol. The zero-order chi connectivity index (χ0) is 12.1. The maximum atomic E-state index is 12.8. The lowest BCUT2D eigenvalue weighted by Crippen LogP contribution is -2.08. The highest BCUT2D eigenvalue weighted by molar-refractivity contribution is 7.13. The molecule has 0 radical (unpaired) electrons. The second kappa shape index (κ2) is 5.86. The summed E-state index contributed by atoms with van der Waals surface area (Å²) in [5, 5.41) is 2.81. The third kappa shape index (κ3) is 3.33. The van der Waals surface area contributed by atoms with Gasteiger partial charge >= 0.3 is 0 Å². The van der Waals surface area contributed by atoms with E-state index in [1.807, 2.05) is 5.38 Å². The van der Waals surface area contributed by atoms with E-state index in [0.29, 0.717) is 19.8 Å². The van der Waals surface area contributed by atoms with Gasteiger partial charge in [0.05, 0.1) is 18.9 Å². The molecule has 0 saturated heterocycles. The number of benzene rings is 1. The molecular weight excluding hydrogens is 239 g/mol. The van der Waals surface area contributed by atoms with E-state index in [0.717, 1.165) is 16.3 Å². The molecule has 90 valence electrons. The van der Waals surface area contributed by atoms with Crippen LogP contribution in [0.15, 0.2) is 29.6 Å². The highest BCUT2D eigenvalue weighted by Gasteiger charge is 2.04. The Hall–Kier alpha value is -1.30. The zero-order valence-corrected chi connectivity index (χ0v) is 10.0. The van der Waals surface area contributed by atoms with Crippen molar-refractivity contribution in [3.05, 3.63) is 41.2 Å². The van der Waals surface area contributed by atoms with Crippen LogP contribution in [0.4, 0.5) is 4.39 Å². The first-order chi connectivity index (χ1) is 8.29. The van der Waals surface area contributed by atoms with Crippen molar-refractivity contribution in [1.29, 1.82) is 0 Å². The Bertz CT molecular complexity index is 470. The number of halogens is 1. The molecule has 2 rings (SSSR count). The Kier molecular flexibility index (Phi) is 4.19. The monoisotopic (exact) mass is 252 g/mol. The summed E-state index contributed by atoms with van der Waals surface area (Å²) in [6, 6.07) is 6.31. The molecule has 1 aromatic heterocycles. The Labute approximate surface area is 103 Å². The lowest BCUT2D eigenvalue weighted by molar-refractivity contribution is 0.126. The van der Waals surface area contributed by atoms with E-state index in [1.54, 1.807) is 12.1 Å². The number of hydrogen-bond acceptors (Lipinski definition) is 4.